The lowest BCUT2D eigenvalue weighted by Crippen LogP contribution is -2.49. The standard InChI is InChI=1S/C17H28N2O2/c1-3-15-5-7-17(8-6-15)21-14-16(20)13-19-11-9-18(4-2)10-12-19/h5-8,16,20H,3-4,9-14H2,1-2H3/t16-/m0/s1. The van der Waals surface area contributed by atoms with Gasteiger partial charge in [-0.25, -0.2) is 0 Å². The maximum atomic E-state index is 10.1. The monoisotopic (exact) mass is 292 g/mol. The maximum Gasteiger partial charge on any atom is 0.119 e. The van der Waals surface area contributed by atoms with Crippen LogP contribution in [0.2, 0.25) is 0 Å². The number of hydrogen-bond donors (Lipinski definition) is 1. The molecule has 0 radical (unpaired) electrons. The first-order chi connectivity index (χ1) is 10.2. The molecule has 118 valence electrons. The van der Waals surface area contributed by atoms with Crippen molar-refractivity contribution < 1.29 is 9.84 Å². The summed E-state index contributed by atoms with van der Waals surface area (Å²) in [5.41, 5.74) is 1.30. The molecule has 1 aliphatic rings. The smallest absolute Gasteiger partial charge is 0.119 e. The molecule has 0 unspecified atom stereocenters. The molecule has 0 aliphatic carbocycles. The number of ether oxygens (including phenoxy) is 1. The SMILES string of the molecule is CCc1ccc(OC[C@@H](O)CN2CCN(CC)CC2)cc1. The fourth-order valence-electron chi connectivity index (χ4n) is 2.65. The molecule has 1 aliphatic heterocycles. The van der Waals surface area contributed by atoms with Gasteiger partial charge in [0.1, 0.15) is 18.5 Å². The number of aliphatic hydroxyl groups excluding tert-OH is 1. The van der Waals surface area contributed by atoms with Gasteiger partial charge in [-0.3, -0.25) is 4.90 Å². The molecule has 0 aromatic heterocycles. The zero-order valence-electron chi connectivity index (χ0n) is 13.3. The van der Waals surface area contributed by atoms with Crippen molar-refractivity contribution in [3.8, 4) is 5.75 Å². The van der Waals surface area contributed by atoms with Crippen LogP contribution in [0.4, 0.5) is 0 Å². The van der Waals surface area contributed by atoms with Crippen LogP contribution in [0.3, 0.4) is 0 Å². The molecular weight excluding hydrogens is 264 g/mol. The Morgan fingerprint density at radius 1 is 1.05 bits per heavy atom. The highest BCUT2D eigenvalue weighted by molar-refractivity contribution is 5.27. The number of likely N-dealkylation sites (N-methyl/N-ethyl adjacent to an activating group) is 1. The van der Waals surface area contributed by atoms with Crippen molar-refractivity contribution in [1.82, 2.24) is 9.80 Å². The Morgan fingerprint density at radius 2 is 1.67 bits per heavy atom. The summed E-state index contributed by atoms with van der Waals surface area (Å²) in [6, 6.07) is 8.11. The van der Waals surface area contributed by atoms with Crippen LogP contribution in [0.1, 0.15) is 19.4 Å². The van der Waals surface area contributed by atoms with E-state index >= 15 is 0 Å². The summed E-state index contributed by atoms with van der Waals surface area (Å²) in [6.45, 7) is 10.8. The van der Waals surface area contributed by atoms with Gasteiger partial charge in [-0.1, -0.05) is 26.0 Å². The second-order valence-electron chi connectivity index (χ2n) is 5.70. The van der Waals surface area contributed by atoms with Crippen LogP contribution in [0.5, 0.6) is 5.75 Å². The van der Waals surface area contributed by atoms with Gasteiger partial charge >= 0.3 is 0 Å². The van der Waals surface area contributed by atoms with Gasteiger partial charge in [-0.2, -0.15) is 0 Å². The first-order valence-corrected chi connectivity index (χ1v) is 8.05. The lowest BCUT2D eigenvalue weighted by atomic mass is 10.2. The number of benzene rings is 1. The molecule has 21 heavy (non-hydrogen) atoms. The third-order valence-electron chi connectivity index (χ3n) is 4.16. The molecule has 4 heteroatoms. The summed E-state index contributed by atoms with van der Waals surface area (Å²) in [5, 5.41) is 10.1. The van der Waals surface area contributed by atoms with Crippen molar-refractivity contribution >= 4 is 0 Å². The number of rotatable bonds is 7. The van der Waals surface area contributed by atoms with Crippen LogP contribution in [-0.2, 0) is 6.42 Å². The van der Waals surface area contributed by atoms with Gasteiger partial charge in [-0.05, 0) is 30.7 Å². The van der Waals surface area contributed by atoms with E-state index in [9.17, 15) is 5.11 Å². The minimum absolute atomic E-state index is 0.361. The summed E-state index contributed by atoms with van der Waals surface area (Å²) in [6.07, 6.45) is 0.608. The van der Waals surface area contributed by atoms with Crippen LogP contribution in [0.15, 0.2) is 24.3 Å². The molecule has 1 fully saturated rings. The predicted octanol–water partition coefficient (Wildman–Crippen LogP) is 1.63. The molecular formula is C17H28N2O2. The van der Waals surface area contributed by atoms with Crippen molar-refractivity contribution in [2.75, 3.05) is 45.9 Å². The quantitative estimate of drug-likeness (QED) is 0.828. The highest BCUT2D eigenvalue weighted by Crippen LogP contribution is 2.13. The van der Waals surface area contributed by atoms with Crippen molar-refractivity contribution in [3.63, 3.8) is 0 Å². The molecule has 1 aromatic carbocycles. The van der Waals surface area contributed by atoms with Crippen LogP contribution >= 0.6 is 0 Å². The van der Waals surface area contributed by atoms with Crippen LogP contribution < -0.4 is 4.74 Å². The Balaban J connectivity index is 1.68. The van der Waals surface area contributed by atoms with Gasteiger partial charge in [0.05, 0.1) is 0 Å². The second kappa shape index (κ2) is 8.37. The number of piperazine rings is 1. The van der Waals surface area contributed by atoms with E-state index in [0.717, 1.165) is 44.9 Å². The van der Waals surface area contributed by atoms with E-state index in [1.807, 2.05) is 12.1 Å². The number of aryl methyl sites for hydroxylation is 1. The van der Waals surface area contributed by atoms with E-state index < -0.39 is 6.10 Å². The topological polar surface area (TPSA) is 35.9 Å². The fourth-order valence-corrected chi connectivity index (χ4v) is 2.65. The van der Waals surface area contributed by atoms with Crippen LogP contribution in [-0.4, -0.2) is 66.9 Å². The van der Waals surface area contributed by atoms with Gasteiger partial charge in [0.25, 0.3) is 0 Å². The Hall–Kier alpha value is -1.10. The first-order valence-electron chi connectivity index (χ1n) is 8.05. The second-order valence-corrected chi connectivity index (χ2v) is 5.70. The van der Waals surface area contributed by atoms with Crippen LogP contribution in [0, 0.1) is 0 Å². The molecule has 0 amide bonds. The van der Waals surface area contributed by atoms with Crippen molar-refractivity contribution in [2.45, 2.75) is 26.4 Å². The molecule has 1 heterocycles. The lowest BCUT2D eigenvalue weighted by molar-refractivity contribution is 0.0471. The van der Waals surface area contributed by atoms with Gasteiger partial charge in [-0.15, -0.1) is 0 Å². The summed E-state index contributed by atoms with van der Waals surface area (Å²) in [7, 11) is 0. The van der Waals surface area contributed by atoms with E-state index in [0.29, 0.717) is 13.2 Å². The van der Waals surface area contributed by atoms with Gasteiger partial charge < -0.3 is 14.7 Å². The summed E-state index contributed by atoms with van der Waals surface area (Å²) in [5.74, 6) is 0.835. The average Bonchev–Trinajstić information content (AvgIpc) is 2.54. The van der Waals surface area contributed by atoms with Crippen molar-refractivity contribution in [2.24, 2.45) is 0 Å². The van der Waals surface area contributed by atoms with E-state index in [-0.39, 0.29) is 0 Å². The van der Waals surface area contributed by atoms with Crippen LogP contribution in [0.25, 0.3) is 0 Å². The molecule has 0 saturated carbocycles. The third kappa shape index (κ3) is 5.30. The van der Waals surface area contributed by atoms with E-state index in [1.165, 1.54) is 5.56 Å². The van der Waals surface area contributed by atoms with Gasteiger partial charge in [0.2, 0.25) is 0 Å². The average molecular weight is 292 g/mol. The largest absolute Gasteiger partial charge is 0.491 e. The molecule has 1 atom stereocenters. The lowest BCUT2D eigenvalue weighted by Gasteiger charge is -2.34. The fraction of sp³-hybridized carbons (Fsp3) is 0.647. The summed E-state index contributed by atoms with van der Waals surface area (Å²) in [4.78, 5) is 4.76. The number of nitrogens with zero attached hydrogens (tertiary/aromatic N) is 2. The predicted molar refractivity (Wildman–Crippen MR) is 85.9 cm³/mol. The van der Waals surface area contributed by atoms with E-state index in [1.54, 1.807) is 0 Å². The molecule has 0 bridgehead atoms. The van der Waals surface area contributed by atoms with Gasteiger partial charge in [0.15, 0.2) is 0 Å². The van der Waals surface area contributed by atoms with Crippen molar-refractivity contribution in [3.05, 3.63) is 29.8 Å². The maximum absolute atomic E-state index is 10.1. The summed E-state index contributed by atoms with van der Waals surface area (Å²) >= 11 is 0. The Labute approximate surface area is 128 Å². The summed E-state index contributed by atoms with van der Waals surface area (Å²) < 4.78 is 5.66. The highest BCUT2D eigenvalue weighted by Gasteiger charge is 2.18. The zero-order valence-corrected chi connectivity index (χ0v) is 13.3. The Morgan fingerprint density at radius 3 is 2.24 bits per heavy atom. The molecule has 2 rings (SSSR count). The Bertz CT molecular complexity index is 400. The molecule has 0 spiro atoms. The normalized spacial score (nSPS) is 18.6. The molecule has 4 nitrogen and oxygen atoms in total. The highest BCUT2D eigenvalue weighted by atomic mass is 16.5. The number of aliphatic hydroxyl groups is 1. The molecule has 1 N–H and O–H groups in total. The molecule has 1 aromatic rings. The number of β-amino-alcohol motifs (C(OH)–C–C–N with tert-alkyl or cyclic N) is 1. The van der Waals surface area contributed by atoms with E-state index in [4.69, 9.17) is 4.74 Å². The molecule has 1 saturated heterocycles. The minimum atomic E-state index is -0.427. The minimum Gasteiger partial charge on any atom is -0.491 e. The Kier molecular flexibility index (Phi) is 6.49. The van der Waals surface area contributed by atoms with Gasteiger partial charge in [0, 0.05) is 32.7 Å². The zero-order chi connectivity index (χ0) is 15.1. The third-order valence-corrected chi connectivity index (χ3v) is 4.16. The van der Waals surface area contributed by atoms with Crippen molar-refractivity contribution in [1.29, 1.82) is 0 Å². The number of hydrogen-bond acceptors (Lipinski definition) is 4. The van der Waals surface area contributed by atoms with E-state index in [2.05, 4.69) is 35.8 Å². The first kappa shape index (κ1) is 16.3.